The molecule has 0 aliphatic carbocycles. The Balaban J connectivity index is 2.07. The van der Waals surface area contributed by atoms with Gasteiger partial charge in [0.1, 0.15) is 18.1 Å². The van der Waals surface area contributed by atoms with Gasteiger partial charge in [0.15, 0.2) is 5.78 Å². The fourth-order valence-electron chi connectivity index (χ4n) is 2.37. The summed E-state index contributed by atoms with van der Waals surface area (Å²) in [6.07, 6.45) is 2.98. The molecule has 0 fully saturated rings. The van der Waals surface area contributed by atoms with Gasteiger partial charge in [-0.25, -0.2) is 4.79 Å². The molecule has 0 heterocycles. The van der Waals surface area contributed by atoms with Crippen LogP contribution in [0.1, 0.15) is 35.3 Å². The molecule has 2 rings (SSSR count). The van der Waals surface area contributed by atoms with Gasteiger partial charge in [0.05, 0.1) is 13.7 Å². The average molecular weight is 354 g/mol. The van der Waals surface area contributed by atoms with Gasteiger partial charge >= 0.3 is 5.97 Å². The van der Waals surface area contributed by atoms with E-state index in [0.717, 1.165) is 5.56 Å². The van der Waals surface area contributed by atoms with E-state index in [-0.39, 0.29) is 12.4 Å². The molecular weight excluding hydrogens is 332 g/mol. The van der Waals surface area contributed by atoms with Crippen LogP contribution < -0.4 is 9.47 Å². The van der Waals surface area contributed by atoms with Crippen molar-refractivity contribution in [2.75, 3.05) is 13.7 Å². The maximum Gasteiger partial charge on any atom is 0.331 e. The highest BCUT2D eigenvalue weighted by molar-refractivity contribution is 5.94. The van der Waals surface area contributed by atoms with E-state index < -0.39 is 5.97 Å². The van der Waals surface area contributed by atoms with Crippen LogP contribution >= 0.6 is 0 Å². The van der Waals surface area contributed by atoms with Crippen molar-refractivity contribution in [2.45, 2.75) is 20.5 Å². The van der Waals surface area contributed by atoms with Gasteiger partial charge in [0.2, 0.25) is 0 Å². The fraction of sp³-hybridized carbons (Fsp3) is 0.238. The van der Waals surface area contributed by atoms with Gasteiger partial charge in [0, 0.05) is 22.8 Å². The molecule has 0 saturated heterocycles. The summed E-state index contributed by atoms with van der Waals surface area (Å²) in [5.74, 6) is 0.714. The Bertz CT molecular complexity index is 808. The summed E-state index contributed by atoms with van der Waals surface area (Å²) >= 11 is 0. The second kappa shape index (κ2) is 9.42. The number of hydrogen-bond donors (Lipinski definition) is 0. The van der Waals surface area contributed by atoms with Crippen LogP contribution in [0.25, 0.3) is 6.08 Å². The van der Waals surface area contributed by atoms with Crippen molar-refractivity contribution in [3.05, 3.63) is 65.2 Å². The highest BCUT2D eigenvalue weighted by atomic mass is 16.5. The Morgan fingerprint density at radius 3 is 2.54 bits per heavy atom. The molecule has 0 saturated carbocycles. The second-order valence-corrected chi connectivity index (χ2v) is 5.49. The zero-order chi connectivity index (χ0) is 18.9. The minimum atomic E-state index is -0.494. The van der Waals surface area contributed by atoms with Crippen molar-refractivity contribution in [3.8, 4) is 11.5 Å². The van der Waals surface area contributed by atoms with E-state index in [2.05, 4.69) is 0 Å². The minimum absolute atomic E-state index is 0.0194. The lowest BCUT2D eigenvalue weighted by molar-refractivity contribution is -0.138. The van der Waals surface area contributed by atoms with Gasteiger partial charge in [-0.3, -0.25) is 4.79 Å². The van der Waals surface area contributed by atoms with Crippen LogP contribution in [0.15, 0.2) is 48.5 Å². The normalized spacial score (nSPS) is 10.6. The first-order valence-electron chi connectivity index (χ1n) is 8.29. The molecule has 0 spiro atoms. The monoisotopic (exact) mass is 354 g/mol. The molecule has 0 aromatic heterocycles. The molecule has 5 heteroatoms. The molecule has 0 aliphatic heterocycles. The van der Waals surface area contributed by atoms with Gasteiger partial charge in [0.25, 0.3) is 0 Å². The summed E-state index contributed by atoms with van der Waals surface area (Å²) in [5.41, 5.74) is 1.98. The summed E-state index contributed by atoms with van der Waals surface area (Å²) in [5, 5.41) is 0. The van der Waals surface area contributed by atoms with Crippen molar-refractivity contribution in [2.24, 2.45) is 0 Å². The molecule has 0 N–H and O–H groups in total. The van der Waals surface area contributed by atoms with Gasteiger partial charge in [-0.05, 0) is 44.2 Å². The number of para-hydroxylation sites is 1. The number of esters is 1. The van der Waals surface area contributed by atoms with Gasteiger partial charge in [-0.15, -0.1) is 0 Å². The fourth-order valence-corrected chi connectivity index (χ4v) is 2.37. The summed E-state index contributed by atoms with van der Waals surface area (Å²) < 4.78 is 16.0. The number of carbonyl (C=O) groups is 2. The maximum atomic E-state index is 12.0. The van der Waals surface area contributed by atoms with E-state index in [1.807, 2.05) is 31.2 Å². The van der Waals surface area contributed by atoms with E-state index in [0.29, 0.717) is 29.2 Å². The third-order valence-corrected chi connectivity index (χ3v) is 3.67. The number of rotatable bonds is 8. The van der Waals surface area contributed by atoms with E-state index in [1.165, 1.54) is 13.0 Å². The molecule has 0 aliphatic rings. The summed E-state index contributed by atoms with van der Waals surface area (Å²) in [4.78, 5) is 23.6. The zero-order valence-corrected chi connectivity index (χ0v) is 15.2. The lowest BCUT2D eigenvalue weighted by Crippen LogP contribution is -2.05. The van der Waals surface area contributed by atoms with E-state index in [4.69, 9.17) is 14.2 Å². The van der Waals surface area contributed by atoms with Gasteiger partial charge in [-0.1, -0.05) is 18.2 Å². The number of ether oxygens (including phenoxy) is 3. The third kappa shape index (κ3) is 5.21. The first kappa shape index (κ1) is 19.2. The Kier molecular flexibility index (Phi) is 6.97. The lowest BCUT2D eigenvalue weighted by atomic mass is 10.1. The van der Waals surface area contributed by atoms with E-state index in [1.54, 1.807) is 31.4 Å². The SMILES string of the molecule is CCOc1ccc(C(C)=O)cc1COC(=O)/C=C/c1ccccc1OC. The molecule has 2 aromatic rings. The van der Waals surface area contributed by atoms with Crippen LogP contribution in [0.4, 0.5) is 0 Å². The first-order chi connectivity index (χ1) is 12.5. The van der Waals surface area contributed by atoms with Crippen LogP contribution in [-0.4, -0.2) is 25.5 Å². The average Bonchev–Trinajstić information content (AvgIpc) is 2.65. The standard InChI is InChI=1S/C21H22O5/c1-4-25-20-11-9-17(15(2)22)13-18(20)14-26-21(23)12-10-16-7-5-6-8-19(16)24-3/h5-13H,4,14H2,1-3H3/b12-10+. The molecule has 136 valence electrons. The number of methoxy groups -OCH3 is 1. The number of Topliss-reactive ketones (excluding diaryl/α,β-unsaturated/α-hetero) is 1. The Morgan fingerprint density at radius 1 is 1.08 bits per heavy atom. The van der Waals surface area contributed by atoms with Crippen molar-refractivity contribution >= 4 is 17.8 Å². The molecule has 5 nitrogen and oxygen atoms in total. The van der Waals surface area contributed by atoms with Crippen molar-refractivity contribution in [3.63, 3.8) is 0 Å². The number of carbonyl (C=O) groups excluding carboxylic acids is 2. The quantitative estimate of drug-likeness (QED) is 0.406. The molecule has 0 bridgehead atoms. The Hall–Kier alpha value is -3.08. The molecule has 0 radical (unpaired) electrons. The summed E-state index contributed by atoms with van der Waals surface area (Å²) in [7, 11) is 1.57. The van der Waals surface area contributed by atoms with Crippen LogP contribution in [-0.2, 0) is 16.1 Å². The molecular formula is C21H22O5. The smallest absolute Gasteiger partial charge is 0.331 e. The second-order valence-electron chi connectivity index (χ2n) is 5.49. The first-order valence-corrected chi connectivity index (χ1v) is 8.29. The van der Waals surface area contributed by atoms with Crippen LogP contribution in [0.2, 0.25) is 0 Å². The minimum Gasteiger partial charge on any atom is -0.496 e. The molecule has 2 aromatic carbocycles. The largest absolute Gasteiger partial charge is 0.496 e. The predicted molar refractivity (Wildman–Crippen MR) is 99.4 cm³/mol. The highest BCUT2D eigenvalue weighted by Gasteiger charge is 2.10. The van der Waals surface area contributed by atoms with Crippen molar-refractivity contribution in [1.29, 1.82) is 0 Å². The lowest BCUT2D eigenvalue weighted by Gasteiger charge is -2.11. The molecule has 0 atom stereocenters. The topological polar surface area (TPSA) is 61.8 Å². The molecule has 26 heavy (non-hydrogen) atoms. The molecule has 0 amide bonds. The Morgan fingerprint density at radius 2 is 1.85 bits per heavy atom. The number of ketones is 1. The predicted octanol–water partition coefficient (Wildman–Crippen LogP) is 4.05. The van der Waals surface area contributed by atoms with Crippen molar-refractivity contribution in [1.82, 2.24) is 0 Å². The summed E-state index contributed by atoms with van der Waals surface area (Å²) in [6, 6.07) is 12.5. The highest BCUT2D eigenvalue weighted by Crippen LogP contribution is 2.22. The van der Waals surface area contributed by atoms with Gasteiger partial charge in [-0.2, -0.15) is 0 Å². The zero-order valence-electron chi connectivity index (χ0n) is 15.2. The third-order valence-electron chi connectivity index (χ3n) is 3.67. The number of hydrogen-bond acceptors (Lipinski definition) is 5. The van der Waals surface area contributed by atoms with Crippen LogP contribution in [0, 0.1) is 0 Å². The summed E-state index contributed by atoms with van der Waals surface area (Å²) in [6.45, 7) is 3.85. The van der Waals surface area contributed by atoms with Crippen LogP contribution in [0.3, 0.4) is 0 Å². The van der Waals surface area contributed by atoms with E-state index >= 15 is 0 Å². The van der Waals surface area contributed by atoms with E-state index in [9.17, 15) is 9.59 Å². The maximum absolute atomic E-state index is 12.0. The van der Waals surface area contributed by atoms with Gasteiger partial charge < -0.3 is 14.2 Å². The Labute approximate surface area is 153 Å². The number of benzene rings is 2. The molecule has 0 unspecified atom stereocenters. The van der Waals surface area contributed by atoms with Crippen molar-refractivity contribution < 1.29 is 23.8 Å². The van der Waals surface area contributed by atoms with Crippen LogP contribution in [0.5, 0.6) is 11.5 Å².